The maximum Gasteiger partial charge on any atom is 0.410 e. The standard InChI is InChI=1S/C31H34BrN5O4/c1-5-40-24-12-6-20(7-13-24)26-18-27-34-28(21-14-16-36(17-15-21)30(39)41-31(2,3)4)25(19-37(27)35-26)29(38)33-23-10-8-22(32)9-11-23/h6-13,18-19,21H,5,14-17H2,1-4H3,(H,33,38). The predicted molar refractivity (Wildman–Crippen MR) is 161 cm³/mol. The lowest BCUT2D eigenvalue weighted by Gasteiger charge is -2.33. The fourth-order valence-electron chi connectivity index (χ4n) is 4.84. The Labute approximate surface area is 248 Å². The molecule has 9 nitrogen and oxygen atoms in total. The van der Waals surface area contributed by atoms with Crippen LogP contribution in [-0.4, -0.2) is 56.8 Å². The van der Waals surface area contributed by atoms with Gasteiger partial charge in [-0.1, -0.05) is 15.9 Å². The van der Waals surface area contributed by atoms with Crippen molar-refractivity contribution in [3.63, 3.8) is 0 Å². The summed E-state index contributed by atoms with van der Waals surface area (Å²) in [5.74, 6) is 0.530. The van der Waals surface area contributed by atoms with Crippen molar-refractivity contribution in [3.8, 4) is 17.0 Å². The Kier molecular flexibility index (Phi) is 8.30. The molecule has 1 saturated heterocycles. The summed E-state index contributed by atoms with van der Waals surface area (Å²) in [6, 6.07) is 17.1. The third-order valence-electron chi connectivity index (χ3n) is 6.82. The molecule has 3 heterocycles. The molecule has 1 N–H and O–H groups in total. The Hall–Kier alpha value is -3.92. The quantitative estimate of drug-likeness (QED) is 0.251. The Balaban J connectivity index is 1.45. The van der Waals surface area contributed by atoms with Gasteiger partial charge in [-0.15, -0.1) is 0 Å². The van der Waals surface area contributed by atoms with Gasteiger partial charge in [0.05, 0.1) is 23.6 Å². The number of halogens is 1. The lowest BCUT2D eigenvalue weighted by molar-refractivity contribution is 0.0203. The van der Waals surface area contributed by atoms with E-state index in [1.165, 1.54) is 0 Å². The molecule has 0 radical (unpaired) electrons. The van der Waals surface area contributed by atoms with E-state index in [0.29, 0.717) is 55.1 Å². The number of hydrogen-bond acceptors (Lipinski definition) is 6. The van der Waals surface area contributed by atoms with E-state index in [2.05, 4.69) is 21.2 Å². The van der Waals surface area contributed by atoms with Crippen LogP contribution in [0.4, 0.5) is 10.5 Å². The molecular weight excluding hydrogens is 586 g/mol. The van der Waals surface area contributed by atoms with Gasteiger partial charge in [0.2, 0.25) is 0 Å². The molecule has 1 fully saturated rings. The van der Waals surface area contributed by atoms with Crippen LogP contribution in [0.3, 0.4) is 0 Å². The largest absolute Gasteiger partial charge is 0.494 e. The number of carbonyl (C=O) groups is 2. The number of fused-ring (bicyclic) bond motifs is 1. The fourth-order valence-corrected chi connectivity index (χ4v) is 5.11. The number of nitrogens with zero attached hydrogens (tertiary/aromatic N) is 4. The number of aromatic nitrogens is 3. The number of piperidine rings is 1. The first-order valence-electron chi connectivity index (χ1n) is 13.8. The van der Waals surface area contributed by atoms with Crippen LogP contribution in [0.2, 0.25) is 0 Å². The monoisotopic (exact) mass is 619 g/mol. The summed E-state index contributed by atoms with van der Waals surface area (Å²) in [5.41, 5.74) is 3.61. The van der Waals surface area contributed by atoms with Gasteiger partial charge in [0.15, 0.2) is 5.65 Å². The average molecular weight is 621 g/mol. The maximum atomic E-state index is 13.6. The minimum absolute atomic E-state index is 0.00631. The van der Waals surface area contributed by atoms with Crippen molar-refractivity contribution >= 4 is 39.3 Å². The van der Waals surface area contributed by atoms with Gasteiger partial charge >= 0.3 is 6.09 Å². The van der Waals surface area contributed by atoms with Gasteiger partial charge in [-0.25, -0.2) is 14.3 Å². The van der Waals surface area contributed by atoms with E-state index in [4.69, 9.17) is 19.6 Å². The van der Waals surface area contributed by atoms with E-state index in [1.807, 2.05) is 82.3 Å². The second-order valence-electron chi connectivity index (χ2n) is 11.0. The number of carbonyl (C=O) groups excluding carboxylic acids is 2. The highest BCUT2D eigenvalue weighted by Gasteiger charge is 2.31. The molecule has 1 aliphatic heterocycles. The highest BCUT2D eigenvalue weighted by Crippen LogP contribution is 2.32. The Morgan fingerprint density at radius 1 is 1.05 bits per heavy atom. The number of benzene rings is 2. The molecule has 2 aromatic heterocycles. The first-order valence-corrected chi connectivity index (χ1v) is 14.6. The molecule has 0 spiro atoms. The van der Waals surface area contributed by atoms with E-state index in [0.717, 1.165) is 21.5 Å². The Bertz CT molecular complexity index is 1540. The van der Waals surface area contributed by atoms with E-state index in [-0.39, 0.29) is 17.9 Å². The summed E-state index contributed by atoms with van der Waals surface area (Å²) >= 11 is 3.43. The molecule has 4 aromatic rings. The zero-order valence-corrected chi connectivity index (χ0v) is 25.3. The fraction of sp³-hybridized carbons (Fsp3) is 0.355. The van der Waals surface area contributed by atoms with Crippen molar-refractivity contribution in [2.24, 2.45) is 0 Å². The highest BCUT2D eigenvalue weighted by atomic mass is 79.9. The van der Waals surface area contributed by atoms with Crippen molar-refractivity contribution in [2.45, 2.75) is 52.1 Å². The smallest absolute Gasteiger partial charge is 0.410 e. The number of nitrogens with one attached hydrogen (secondary N) is 1. The number of likely N-dealkylation sites (tertiary alicyclic amines) is 1. The summed E-state index contributed by atoms with van der Waals surface area (Å²) in [4.78, 5) is 32.9. The van der Waals surface area contributed by atoms with Crippen LogP contribution < -0.4 is 10.1 Å². The van der Waals surface area contributed by atoms with Crippen molar-refractivity contribution < 1.29 is 19.1 Å². The molecule has 5 rings (SSSR count). The van der Waals surface area contributed by atoms with Gasteiger partial charge in [-0.3, -0.25) is 4.79 Å². The van der Waals surface area contributed by atoms with Gasteiger partial charge in [0.1, 0.15) is 11.4 Å². The average Bonchev–Trinajstić information content (AvgIpc) is 3.36. The third kappa shape index (κ3) is 6.87. The molecular formula is C31H34BrN5O4. The van der Waals surface area contributed by atoms with E-state index < -0.39 is 5.60 Å². The molecule has 2 amide bonds. The predicted octanol–water partition coefficient (Wildman–Crippen LogP) is 6.92. The first-order chi connectivity index (χ1) is 19.6. The summed E-state index contributed by atoms with van der Waals surface area (Å²) in [5, 5.41) is 7.73. The number of hydrogen-bond donors (Lipinski definition) is 1. The molecule has 10 heteroatoms. The second-order valence-corrected chi connectivity index (χ2v) is 11.9. The van der Waals surface area contributed by atoms with Crippen molar-refractivity contribution in [3.05, 3.63) is 76.5 Å². The van der Waals surface area contributed by atoms with E-state index in [9.17, 15) is 9.59 Å². The number of amides is 2. The van der Waals surface area contributed by atoms with Crippen LogP contribution >= 0.6 is 15.9 Å². The number of anilines is 1. The van der Waals surface area contributed by atoms with Crippen LogP contribution in [-0.2, 0) is 4.74 Å². The minimum Gasteiger partial charge on any atom is -0.494 e. The molecule has 0 aliphatic carbocycles. The lowest BCUT2D eigenvalue weighted by atomic mass is 9.90. The van der Waals surface area contributed by atoms with Crippen LogP contribution in [0, 0.1) is 0 Å². The Morgan fingerprint density at radius 2 is 1.73 bits per heavy atom. The van der Waals surface area contributed by atoms with Gasteiger partial charge in [0, 0.05) is 47.0 Å². The Morgan fingerprint density at radius 3 is 2.37 bits per heavy atom. The number of ether oxygens (including phenoxy) is 2. The van der Waals surface area contributed by atoms with Crippen LogP contribution in [0.5, 0.6) is 5.75 Å². The zero-order chi connectivity index (χ0) is 29.1. The SMILES string of the molecule is CCOc1ccc(-c2cc3nc(C4CCN(C(=O)OC(C)(C)C)CC4)c(C(=O)Nc4ccc(Br)cc4)cn3n2)cc1. The summed E-state index contributed by atoms with van der Waals surface area (Å²) < 4.78 is 13.7. The maximum absolute atomic E-state index is 13.6. The van der Waals surface area contributed by atoms with E-state index >= 15 is 0 Å². The van der Waals surface area contributed by atoms with Crippen LogP contribution in [0.15, 0.2) is 65.3 Å². The molecule has 0 saturated carbocycles. The molecule has 0 atom stereocenters. The summed E-state index contributed by atoms with van der Waals surface area (Å²) in [6.07, 6.45) is 2.77. The topological polar surface area (TPSA) is 98.1 Å². The molecule has 2 aromatic carbocycles. The highest BCUT2D eigenvalue weighted by molar-refractivity contribution is 9.10. The molecule has 214 valence electrons. The van der Waals surface area contributed by atoms with Crippen molar-refractivity contribution in [1.82, 2.24) is 19.5 Å². The normalized spacial score (nSPS) is 14.2. The van der Waals surface area contributed by atoms with Gasteiger partial charge in [-0.2, -0.15) is 5.10 Å². The summed E-state index contributed by atoms with van der Waals surface area (Å²) in [6.45, 7) is 9.18. The number of rotatable bonds is 6. The molecule has 0 unspecified atom stereocenters. The minimum atomic E-state index is -0.554. The second kappa shape index (κ2) is 11.9. The molecule has 0 bridgehead atoms. The van der Waals surface area contributed by atoms with E-state index in [1.54, 1.807) is 15.6 Å². The van der Waals surface area contributed by atoms with Crippen molar-refractivity contribution in [2.75, 3.05) is 25.0 Å². The third-order valence-corrected chi connectivity index (χ3v) is 7.35. The van der Waals surface area contributed by atoms with Gasteiger partial charge in [-0.05, 0) is 89.1 Å². The van der Waals surface area contributed by atoms with Crippen molar-refractivity contribution in [1.29, 1.82) is 0 Å². The summed E-state index contributed by atoms with van der Waals surface area (Å²) in [7, 11) is 0. The van der Waals surface area contributed by atoms with Crippen LogP contribution in [0.1, 0.15) is 62.5 Å². The van der Waals surface area contributed by atoms with Gasteiger partial charge in [0.25, 0.3) is 5.91 Å². The first kappa shape index (κ1) is 28.6. The van der Waals surface area contributed by atoms with Gasteiger partial charge < -0.3 is 19.7 Å². The molecule has 1 aliphatic rings. The lowest BCUT2D eigenvalue weighted by Crippen LogP contribution is -2.41. The van der Waals surface area contributed by atoms with Crippen LogP contribution in [0.25, 0.3) is 16.9 Å². The zero-order valence-electron chi connectivity index (χ0n) is 23.7. The molecule has 41 heavy (non-hydrogen) atoms.